The van der Waals surface area contributed by atoms with Crippen LogP contribution < -0.4 is 18.9 Å². The molecule has 0 bridgehead atoms. The van der Waals surface area contributed by atoms with Gasteiger partial charge in [0.25, 0.3) is 0 Å². The number of methoxy groups -OCH3 is 2. The van der Waals surface area contributed by atoms with Crippen LogP contribution in [0.3, 0.4) is 0 Å². The molecule has 156 valence electrons. The predicted molar refractivity (Wildman–Crippen MR) is 107 cm³/mol. The quantitative estimate of drug-likeness (QED) is 0.298. The molecule has 0 heterocycles. The van der Waals surface area contributed by atoms with Crippen LogP contribution in [0.5, 0.6) is 23.0 Å². The van der Waals surface area contributed by atoms with Gasteiger partial charge in [-0.2, -0.15) is 12.1 Å². The standard InChI is InChI=1S/2C11H15O3.Zn/c2*1-4-13-9(2)14-11-7-5-6-10(8-11)12-3;/h2*6-9H,4H2,1-3H3;/q2*-1;+2. The largest absolute Gasteiger partial charge is 2.00 e. The van der Waals surface area contributed by atoms with Crippen LogP contribution in [-0.4, -0.2) is 40.0 Å². The molecule has 6 nitrogen and oxygen atoms in total. The second-order valence-electron chi connectivity index (χ2n) is 5.50. The first kappa shape index (κ1) is 27.2. The molecule has 2 rings (SSSR count). The van der Waals surface area contributed by atoms with E-state index < -0.39 is 0 Å². The molecule has 29 heavy (non-hydrogen) atoms. The average molecular weight is 456 g/mol. The molecule has 0 spiro atoms. The fraction of sp³-hybridized carbons (Fsp3) is 0.455. The molecule has 0 aromatic heterocycles. The molecule has 0 saturated carbocycles. The van der Waals surface area contributed by atoms with Gasteiger partial charge >= 0.3 is 19.5 Å². The zero-order valence-corrected chi connectivity index (χ0v) is 21.2. The number of rotatable bonds is 10. The maximum Gasteiger partial charge on any atom is 2.00 e. The monoisotopic (exact) mass is 454 g/mol. The fourth-order valence-electron chi connectivity index (χ4n) is 2.15. The van der Waals surface area contributed by atoms with E-state index in [0.29, 0.717) is 24.7 Å². The van der Waals surface area contributed by atoms with Gasteiger partial charge in [-0.05, 0) is 27.7 Å². The zero-order chi connectivity index (χ0) is 20.8. The average Bonchev–Trinajstić information content (AvgIpc) is 2.69. The summed E-state index contributed by atoms with van der Waals surface area (Å²) < 4.78 is 31.5. The molecule has 0 N–H and O–H groups in total. The zero-order valence-electron chi connectivity index (χ0n) is 18.2. The van der Waals surface area contributed by atoms with Crippen molar-refractivity contribution in [1.82, 2.24) is 0 Å². The van der Waals surface area contributed by atoms with Crippen LogP contribution in [0.1, 0.15) is 27.7 Å². The Balaban J connectivity index is 0.000000523. The van der Waals surface area contributed by atoms with Crippen molar-refractivity contribution in [3.63, 3.8) is 0 Å². The molecule has 2 aromatic carbocycles. The van der Waals surface area contributed by atoms with Crippen molar-refractivity contribution >= 4 is 0 Å². The molecule has 2 unspecified atom stereocenters. The van der Waals surface area contributed by atoms with Gasteiger partial charge in [0.15, 0.2) is 12.6 Å². The minimum atomic E-state index is -0.250. The number of ether oxygens (including phenoxy) is 6. The van der Waals surface area contributed by atoms with Gasteiger partial charge in [0, 0.05) is 36.2 Å². The summed E-state index contributed by atoms with van der Waals surface area (Å²) in [7, 11) is 3.22. The first-order chi connectivity index (χ1) is 13.5. The Bertz CT molecular complexity index is 610. The van der Waals surface area contributed by atoms with Gasteiger partial charge in [-0.25, -0.2) is 0 Å². The molecule has 2 atom stereocenters. The first-order valence-electron chi connectivity index (χ1n) is 9.19. The van der Waals surface area contributed by atoms with E-state index in [2.05, 4.69) is 12.1 Å². The third kappa shape index (κ3) is 11.7. The summed E-state index contributed by atoms with van der Waals surface area (Å²) in [5, 5.41) is 0. The molecule has 0 fully saturated rings. The van der Waals surface area contributed by atoms with Crippen molar-refractivity contribution in [2.24, 2.45) is 0 Å². The third-order valence-corrected chi connectivity index (χ3v) is 3.35. The Morgan fingerprint density at radius 2 is 1.03 bits per heavy atom. The van der Waals surface area contributed by atoms with E-state index in [0.717, 1.165) is 11.5 Å². The Labute approximate surface area is 187 Å². The topological polar surface area (TPSA) is 55.4 Å². The minimum absolute atomic E-state index is 0. The van der Waals surface area contributed by atoms with Crippen LogP contribution in [-0.2, 0) is 29.0 Å². The molecular weight excluding hydrogens is 426 g/mol. The van der Waals surface area contributed by atoms with Crippen molar-refractivity contribution in [3.05, 3.63) is 48.5 Å². The van der Waals surface area contributed by atoms with E-state index in [1.807, 2.05) is 27.7 Å². The summed E-state index contributed by atoms with van der Waals surface area (Å²) >= 11 is 0. The summed E-state index contributed by atoms with van der Waals surface area (Å²) in [5.74, 6) is 2.85. The Kier molecular flexibility index (Phi) is 15.0. The Morgan fingerprint density at radius 1 is 0.690 bits per heavy atom. The minimum Gasteiger partial charge on any atom is -0.554 e. The second kappa shape index (κ2) is 16.0. The van der Waals surface area contributed by atoms with Gasteiger partial charge in [0.05, 0.1) is 14.2 Å². The van der Waals surface area contributed by atoms with Gasteiger partial charge in [0.1, 0.15) is 0 Å². The molecular formula is C22H30O6Zn. The molecule has 0 radical (unpaired) electrons. The van der Waals surface area contributed by atoms with Crippen LogP contribution in [0.4, 0.5) is 0 Å². The van der Waals surface area contributed by atoms with E-state index in [9.17, 15) is 0 Å². The third-order valence-electron chi connectivity index (χ3n) is 3.35. The van der Waals surface area contributed by atoms with Crippen LogP contribution >= 0.6 is 0 Å². The Morgan fingerprint density at radius 3 is 1.34 bits per heavy atom. The summed E-state index contributed by atoms with van der Waals surface area (Å²) in [6.45, 7) is 8.82. The number of benzene rings is 2. The normalized spacial score (nSPS) is 11.8. The molecule has 0 saturated heterocycles. The van der Waals surface area contributed by atoms with Crippen LogP contribution in [0.2, 0.25) is 0 Å². The SMILES string of the molecule is CCOC(C)Oc1c[c-]cc(OC)c1.CCOC(C)Oc1c[c-]cc(OC)c1.[Zn+2]. The van der Waals surface area contributed by atoms with Crippen molar-refractivity contribution in [3.8, 4) is 23.0 Å². The van der Waals surface area contributed by atoms with E-state index in [1.165, 1.54) is 0 Å². The van der Waals surface area contributed by atoms with Crippen molar-refractivity contribution < 1.29 is 47.9 Å². The van der Waals surface area contributed by atoms with Crippen molar-refractivity contribution in [1.29, 1.82) is 0 Å². The maximum atomic E-state index is 5.46. The number of hydrogen-bond donors (Lipinski definition) is 0. The van der Waals surface area contributed by atoms with E-state index >= 15 is 0 Å². The van der Waals surface area contributed by atoms with Gasteiger partial charge < -0.3 is 28.4 Å². The smallest absolute Gasteiger partial charge is 0.554 e. The Hall–Kier alpha value is -1.82. The van der Waals surface area contributed by atoms with Gasteiger partial charge in [-0.3, -0.25) is 0 Å². The van der Waals surface area contributed by atoms with E-state index in [-0.39, 0.29) is 32.1 Å². The summed E-state index contributed by atoms with van der Waals surface area (Å²) in [4.78, 5) is 0. The molecule has 7 heteroatoms. The molecule has 0 aliphatic rings. The van der Waals surface area contributed by atoms with Crippen LogP contribution in [0.15, 0.2) is 36.4 Å². The maximum absolute atomic E-state index is 5.46. The predicted octanol–water partition coefficient (Wildman–Crippen LogP) is 4.51. The fourth-order valence-corrected chi connectivity index (χ4v) is 2.15. The molecule has 0 aliphatic carbocycles. The van der Waals surface area contributed by atoms with Crippen molar-refractivity contribution in [2.45, 2.75) is 40.3 Å². The van der Waals surface area contributed by atoms with E-state index in [4.69, 9.17) is 28.4 Å². The molecule has 0 aliphatic heterocycles. The summed E-state index contributed by atoms with van der Waals surface area (Å²) in [5.41, 5.74) is 0. The van der Waals surface area contributed by atoms with Crippen molar-refractivity contribution in [2.75, 3.05) is 27.4 Å². The molecule has 0 amide bonds. The van der Waals surface area contributed by atoms with E-state index in [1.54, 1.807) is 50.6 Å². The second-order valence-corrected chi connectivity index (χ2v) is 5.50. The van der Waals surface area contributed by atoms with Crippen LogP contribution in [0, 0.1) is 12.1 Å². The summed E-state index contributed by atoms with van der Waals surface area (Å²) in [6.07, 6.45) is -0.499. The summed E-state index contributed by atoms with van der Waals surface area (Å²) in [6, 6.07) is 16.4. The van der Waals surface area contributed by atoms with Gasteiger partial charge in [-0.15, -0.1) is 24.3 Å². The van der Waals surface area contributed by atoms with Crippen LogP contribution in [0.25, 0.3) is 0 Å². The van der Waals surface area contributed by atoms with Gasteiger partial charge in [-0.1, -0.05) is 12.1 Å². The molecule has 2 aromatic rings. The van der Waals surface area contributed by atoms with Gasteiger partial charge in [0.2, 0.25) is 0 Å². The first-order valence-corrected chi connectivity index (χ1v) is 9.19. The number of hydrogen-bond acceptors (Lipinski definition) is 6.